The SMILES string of the molecule is CCCCC=CC(=C(F)F)c1ccc(OC)cc1. The molecule has 0 aliphatic heterocycles. The minimum atomic E-state index is -1.66. The highest BCUT2D eigenvalue weighted by molar-refractivity contribution is 5.74. The van der Waals surface area contributed by atoms with Gasteiger partial charge >= 0.3 is 0 Å². The van der Waals surface area contributed by atoms with E-state index < -0.39 is 6.08 Å². The van der Waals surface area contributed by atoms with Crippen LogP contribution >= 0.6 is 0 Å². The van der Waals surface area contributed by atoms with E-state index in [0.29, 0.717) is 11.3 Å². The van der Waals surface area contributed by atoms with Crippen molar-refractivity contribution in [3.63, 3.8) is 0 Å². The number of hydrogen-bond donors (Lipinski definition) is 0. The van der Waals surface area contributed by atoms with Gasteiger partial charge in [0.1, 0.15) is 5.75 Å². The molecule has 98 valence electrons. The second kappa shape index (κ2) is 7.64. The number of hydrogen-bond acceptors (Lipinski definition) is 1. The van der Waals surface area contributed by atoms with Gasteiger partial charge in [0.2, 0.25) is 0 Å². The average Bonchev–Trinajstić information content (AvgIpc) is 2.39. The van der Waals surface area contributed by atoms with Crippen molar-refractivity contribution < 1.29 is 13.5 Å². The minimum Gasteiger partial charge on any atom is -0.497 e. The van der Waals surface area contributed by atoms with Crippen LogP contribution in [0, 0.1) is 0 Å². The van der Waals surface area contributed by atoms with Crippen LogP contribution in [0.5, 0.6) is 5.75 Å². The first-order valence-electron chi connectivity index (χ1n) is 6.05. The maximum Gasteiger partial charge on any atom is 0.278 e. The van der Waals surface area contributed by atoms with E-state index in [0.717, 1.165) is 19.3 Å². The summed E-state index contributed by atoms with van der Waals surface area (Å²) in [5.41, 5.74) is 0.484. The number of ether oxygens (including phenoxy) is 1. The lowest BCUT2D eigenvalue weighted by molar-refractivity contribution is 0.414. The van der Waals surface area contributed by atoms with Crippen molar-refractivity contribution in [2.75, 3.05) is 7.11 Å². The van der Waals surface area contributed by atoms with Gasteiger partial charge in [-0.25, -0.2) is 0 Å². The number of halogens is 2. The van der Waals surface area contributed by atoms with E-state index in [1.54, 1.807) is 37.5 Å². The summed E-state index contributed by atoms with van der Waals surface area (Å²) < 4.78 is 30.7. The highest BCUT2D eigenvalue weighted by atomic mass is 19.3. The fraction of sp³-hybridized carbons (Fsp3) is 0.333. The topological polar surface area (TPSA) is 9.23 Å². The Kier molecular flexibility index (Phi) is 6.12. The summed E-state index contributed by atoms with van der Waals surface area (Å²) in [6.45, 7) is 2.07. The first-order valence-corrected chi connectivity index (χ1v) is 6.05. The molecule has 0 aromatic heterocycles. The first-order chi connectivity index (χ1) is 8.69. The monoisotopic (exact) mass is 252 g/mol. The fourth-order valence-corrected chi connectivity index (χ4v) is 1.56. The summed E-state index contributed by atoms with van der Waals surface area (Å²) in [5.74, 6) is 0.660. The smallest absolute Gasteiger partial charge is 0.278 e. The Hall–Kier alpha value is -1.64. The van der Waals surface area contributed by atoms with Crippen molar-refractivity contribution in [2.24, 2.45) is 0 Å². The minimum absolute atomic E-state index is 0.0197. The highest BCUT2D eigenvalue weighted by Gasteiger charge is 2.06. The van der Waals surface area contributed by atoms with Crippen LogP contribution in [0.3, 0.4) is 0 Å². The van der Waals surface area contributed by atoms with E-state index in [1.165, 1.54) is 6.08 Å². The lowest BCUT2D eigenvalue weighted by Crippen LogP contribution is -1.86. The zero-order valence-electron chi connectivity index (χ0n) is 10.7. The Balaban J connectivity index is 2.85. The van der Waals surface area contributed by atoms with Crippen LogP contribution in [0.1, 0.15) is 31.7 Å². The molecule has 0 unspecified atom stereocenters. The Bertz CT molecular complexity index is 415. The van der Waals surface area contributed by atoms with Crippen molar-refractivity contribution in [1.29, 1.82) is 0 Å². The average molecular weight is 252 g/mol. The molecule has 1 aromatic carbocycles. The molecule has 0 saturated heterocycles. The number of benzene rings is 1. The van der Waals surface area contributed by atoms with Crippen LogP contribution < -0.4 is 4.74 Å². The summed E-state index contributed by atoms with van der Waals surface area (Å²) in [4.78, 5) is 0. The van der Waals surface area contributed by atoms with Crippen molar-refractivity contribution >= 4 is 5.57 Å². The molecule has 3 heteroatoms. The van der Waals surface area contributed by atoms with Gasteiger partial charge in [-0.3, -0.25) is 0 Å². The number of rotatable bonds is 6. The molecule has 0 spiro atoms. The van der Waals surface area contributed by atoms with Crippen molar-refractivity contribution in [1.82, 2.24) is 0 Å². The predicted octanol–water partition coefficient (Wildman–Crippen LogP) is 5.05. The van der Waals surface area contributed by atoms with Crippen molar-refractivity contribution in [3.8, 4) is 5.75 Å². The molecule has 0 fully saturated rings. The van der Waals surface area contributed by atoms with Gasteiger partial charge in [-0.15, -0.1) is 0 Å². The van der Waals surface area contributed by atoms with Gasteiger partial charge in [0.15, 0.2) is 0 Å². The molecule has 0 heterocycles. The molecular weight excluding hydrogens is 234 g/mol. The van der Waals surface area contributed by atoms with Crippen LogP contribution in [-0.2, 0) is 0 Å². The molecule has 0 radical (unpaired) electrons. The molecular formula is C15H18F2O. The van der Waals surface area contributed by atoms with Crippen LogP contribution in [0.4, 0.5) is 8.78 Å². The molecule has 0 aliphatic rings. The fourth-order valence-electron chi connectivity index (χ4n) is 1.56. The molecule has 18 heavy (non-hydrogen) atoms. The molecule has 1 nitrogen and oxygen atoms in total. The summed E-state index contributed by atoms with van der Waals surface area (Å²) >= 11 is 0. The standard InChI is InChI=1S/C15H18F2O/c1-3-4-5-6-7-14(15(16)17)12-8-10-13(18-2)11-9-12/h6-11H,3-5H2,1-2H3. The van der Waals surface area contributed by atoms with Gasteiger partial charge in [0, 0.05) is 5.57 Å². The molecule has 0 atom stereocenters. The Morgan fingerprint density at radius 2 is 1.89 bits per heavy atom. The third-order valence-electron chi connectivity index (χ3n) is 2.61. The third kappa shape index (κ3) is 4.32. The zero-order chi connectivity index (χ0) is 13.4. The van der Waals surface area contributed by atoms with Gasteiger partial charge in [-0.2, -0.15) is 8.78 Å². The quantitative estimate of drug-likeness (QED) is 0.508. The van der Waals surface area contributed by atoms with E-state index in [9.17, 15) is 8.78 Å². The molecule has 0 amide bonds. The summed E-state index contributed by atoms with van der Waals surface area (Å²) in [7, 11) is 1.55. The predicted molar refractivity (Wildman–Crippen MR) is 70.8 cm³/mol. The summed E-state index contributed by atoms with van der Waals surface area (Å²) in [6.07, 6.45) is 4.52. The molecule has 1 rings (SSSR count). The number of allylic oxidation sites excluding steroid dienone is 3. The first kappa shape index (κ1) is 14.4. The molecule has 0 saturated carbocycles. The molecule has 1 aromatic rings. The van der Waals surface area contributed by atoms with Gasteiger partial charge in [-0.05, 0) is 24.1 Å². The van der Waals surface area contributed by atoms with Gasteiger partial charge in [-0.1, -0.05) is 44.1 Å². The lowest BCUT2D eigenvalue weighted by atomic mass is 10.1. The van der Waals surface area contributed by atoms with Crippen LogP contribution in [0.15, 0.2) is 42.5 Å². The zero-order valence-corrected chi connectivity index (χ0v) is 10.7. The van der Waals surface area contributed by atoms with Crippen LogP contribution in [0.25, 0.3) is 5.57 Å². The van der Waals surface area contributed by atoms with Crippen LogP contribution in [-0.4, -0.2) is 7.11 Å². The second-order valence-electron chi connectivity index (χ2n) is 3.95. The van der Waals surface area contributed by atoms with Gasteiger partial charge < -0.3 is 4.74 Å². The lowest BCUT2D eigenvalue weighted by Gasteiger charge is -2.04. The van der Waals surface area contributed by atoms with Crippen molar-refractivity contribution in [3.05, 3.63) is 48.1 Å². The Morgan fingerprint density at radius 3 is 2.39 bits per heavy atom. The number of methoxy groups -OCH3 is 1. The van der Waals surface area contributed by atoms with Crippen molar-refractivity contribution in [2.45, 2.75) is 26.2 Å². The summed E-state index contributed by atoms with van der Waals surface area (Å²) in [5, 5.41) is 0. The highest BCUT2D eigenvalue weighted by Crippen LogP contribution is 2.24. The second-order valence-corrected chi connectivity index (χ2v) is 3.95. The van der Waals surface area contributed by atoms with E-state index in [2.05, 4.69) is 6.92 Å². The molecule has 0 aliphatic carbocycles. The maximum atomic E-state index is 12.9. The van der Waals surface area contributed by atoms with E-state index in [4.69, 9.17) is 4.74 Å². The third-order valence-corrected chi connectivity index (χ3v) is 2.61. The normalized spacial score (nSPS) is 10.7. The van der Waals surface area contributed by atoms with Crippen LogP contribution in [0.2, 0.25) is 0 Å². The van der Waals surface area contributed by atoms with Gasteiger partial charge in [0.05, 0.1) is 7.11 Å². The largest absolute Gasteiger partial charge is 0.497 e. The number of unbranched alkanes of at least 4 members (excludes halogenated alkanes) is 2. The van der Waals surface area contributed by atoms with E-state index in [-0.39, 0.29) is 5.57 Å². The summed E-state index contributed by atoms with van der Waals surface area (Å²) in [6, 6.07) is 6.63. The van der Waals surface area contributed by atoms with E-state index in [1.807, 2.05) is 0 Å². The Labute approximate surface area is 107 Å². The van der Waals surface area contributed by atoms with E-state index >= 15 is 0 Å². The van der Waals surface area contributed by atoms with Gasteiger partial charge in [0.25, 0.3) is 6.08 Å². The molecule has 0 bridgehead atoms. The Morgan fingerprint density at radius 1 is 1.22 bits per heavy atom. The maximum absolute atomic E-state index is 12.9. The molecule has 0 N–H and O–H groups in total.